The van der Waals surface area contributed by atoms with E-state index in [4.69, 9.17) is 0 Å². The van der Waals surface area contributed by atoms with Crippen LogP contribution >= 0.6 is 0 Å². The van der Waals surface area contributed by atoms with Crippen LogP contribution in [0.1, 0.15) is 52.7 Å². The van der Waals surface area contributed by atoms with Crippen LogP contribution < -0.4 is 12.4 Å². The van der Waals surface area contributed by atoms with E-state index in [-0.39, 0.29) is 49.4 Å². The third-order valence-electron chi connectivity index (χ3n) is 4.44. The van der Waals surface area contributed by atoms with Crippen LogP contribution in [0.2, 0.25) is 0 Å². The van der Waals surface area contributed by atoms with Gasteiger partial charge >= 0.3 is 26.2 Å². The number of benzene rings is 2. The summed E-state index contributed by atoms with van der Waals surface area (Å²) in [6.07, 6.45) is 0. The minimum atomic E-state index is 0. The summed E-state index contributed by atoms with van der Waals surface area (Å²) in [5.74, 6) is 0. The van der Waals surface area contributed by atoms with E-state index in [2.05, 4.69) is 84.0 Å². The molecule has 0 spiro atoms. The van der Waals surface area contributed by atoms with Crippen LogP contribution in [0.3, 0.4) is 0 Å². The van der Waals surface area contributed by atoms with Crippen LogP contribution in [0.4, 0.5) is 0 Å². The summed E-state index contributed by atoms with van der Waals surface area (Å²) in [5, 5.41) is 5.48. The van der Waals surface area contributed by atoms with E-state index in [9.17, 15) is 0 Å². The zero-order valence-electron chi connectivity index (χ0n) is 14.9. The fourth-order valence-electron chi connectivity index (χ4n) is 2.96. The monoisotopic (exact) mass is 402 g/mol. The Hall–Kier alpha value is -0.517. The smallest absolute Gasteiger partial charge is 1.00 e. The molecule has 0 bridgehead atoms. The average molecular weight is 404 g/mol. The van der Waals surface area contributed by atoms with E-state index in [1.54, 1.807) is 0 Å². The molecule has 0 aliphatic heterocycles. The van der Waals surface area contributed by atoms with Crippen molar-refractivity contribution in [3.8, 4) is 0 Å². The maximum Gasteiger partial charge on any atom is 2.00 e. The molecule has 0 radical (unpaired) electrons. The second-order valence-electron chi connectivity index (χ2n) is 8.25. The number of rotatable bonds is 0. The van der Waals surface area contributed by atoms with E-state index in [0.29, 0.717) is 0 Å². The first-order valence-electron chi connectivity index (χ1n) is 7.80. The van der Waals surface area contributed by atoms with Gasteiger partial charge in [-0.3, -0.25) is 0 Å². The molecular formula is C21H25ClZr. The van der Waals surface area contributed by atoms with Crippen molar-refractivity contribution in [2.45, 2.75) is 52.4 Å². The van der Waals surface area contributed by atoms with E-state index in [1.165, 1.54) is 32.7 Å². The summed E-state index contributed by atoms with van der Waals surface area (Å²) in [5.41, 5.74) is 3.21. The topological polar surface area (TPSA) is 0 Å². The Labute approximate surface area is 165 Å². The van der Waals surface area contributed by atoms with Crippen molar-refractivity contribution in [3.05, 3.63) is 53.6 Å². The molecule has 0 aliphatic rings. The molecule has 0 atom stereocenters. The van der Waals surface area contributed by atoms with Gasteiger partial charge in [0.25, 0.3) is 0 Å². The summed E-state index contributed by atoms with van der Waals surface area (Å²) in [6.45, 7) is 13.6. The van der Waals surface area contributed by atoms with Gasteiger partial charge in [-0.05, 0) is 10.8 Å². The van der Waals surface area contributed by atoms with Gasteiger partial charge in [-0.1, -0.05) is 76.9 Å². The average Bonchev–Trinajstić information content (AvgIpc) is 2.73. The zero-order chi connectivity index (χ0) is 15.4. The molecule has 0 aliphatic carbocycles. The molecule has 3 aromatic carbocycles. The molecule has 0 nitrogen and oxygen atoms in total. The molecule has 23 heavy (non-hydrogen) atoms. The maximum atomic E-state index is 2.35. The van der Waals surface area contributed by atoms with Crippen LogP contribution in [0, 0.1) is 0 Å². The normalized spacial score (nSPS) is 12.1. The van der Waals surface area contributed by atoms with Crippen molar-refractivity contribution in [3.63, 3.8) is 0 Å². The van der Waals surface area contributed by atoms with Gasteiger partial charge in [0, 0.05) is 0 Å². The molecule has 0 unspecified atom stereocenters. The molecule has 2 heteroatoms. The standard InChI is InChI=1S/C21H25.ClH.Zr/c1-20(2,3)16-7-9-18-14(12-16)11-15-13-17(21(4,5)6)8-10-19(15)18;;/h7-13H,1-6H3;1H;/q-1;;+2/p-1. The molecule has 120 valence electrons. The molecule has 0 fully saturated rings. The van der Waals surface area contributed by atoms with Crippen molar-refractivity contribution in [1.82, 2.24) is 0 Å². The van der Waals surface area contributed by atoms with Gasteiger partial charge in [0.2, 0.25) is 0 Å². The molecule has 0 saturated heterocycles. The predicted molar refractivity (Wildman–Crippen MR) is 94.4 cm³/mol. The second kappa shape index (κ2) is 6.77. The van der Waals surface area contributed by atoms with Crippen LogP contribution in [-0.4, -0.2) is 0 Å². The van der Waals surface area contributed by atoms with Gasteiger partial charge in [-0.15, -0.1) is 39.7 Å². The van der Waals surface area contributed by atoms with Crippen molar-refractivity contribution >= 4 is 21.5 Å². The predicted octanol–water partition coefficient (Wildman–Crippen LogP) is 3.31. The Kier molecular flexibility index (Phi) is 6.04. The summed E-state index contributed by atoms with van der Waals surface area (Å²) in [4.78, 5) is 0. The maximum absolute atomic E-state index is 2.35. The Balaban J connectivity index is 0.00000132. The Morgan fingerprint density at radius 1 is 0.652 bits per heavy atom. The van der Waals surface area contributed by atoms with Crippen molar-refractivity contribution < 1.29 is 38.6 Å². The van der Waals surface area contributed by atoms with Gasteiger partial charge in [0.1, 0.15) is 0 Å². The molecule has 0 heterocycles. The molecule has 0 aromatic heterocycles. The van der Waals surface area contributed by atoms with Gasteiger partial charge < -0.3 is 12.4 Å². The Bertz CT molecular complexity index is 745. The number of halogens is 1. The minimum absolute atomic E-state index is 0. The van der Waals surface area contributed by atoms with Crippen LogP contribution in [0.5, 0.6) is 0 Å². The Morgan fingerprint density at radius 3 is 1.30 bits per heavy atom. The number of hydrogen-bond acceptors (Lipinski definition) is 0. The van der Waals surface area contributed by atoms with Gasteiger partial charge in [0.05, 0.1) is 0 Å². The third kappa shape index (κ3) is 3.94. The van der Waals surface area contributed by atoms with Gasteiger partial charge in [-0.2, -0.15) is 0 Å². The van der Waals surface area contributed by atoms with Crippen LogP contribution in [0.15, 0.2) is 42.5 Å². The number of fused-ring (bicyclic) bond motifs is 3. The first-order chi connectivity index (χ1) is 9.66. The minimum Gasteiger partial charge on any atom is -1.00 e. The fourth-order valence-corrected chi connectivity index (χ4v) is 2.96. The summed E-state index contributed by atoms with van der Waals surface area (Å²) < 4.78 is 0. The molecule has 3 rings (SSSR count). The largest absolute Gasteiger partial charge is 2.00 e. The molecule has 3 aromatic rings. The first-order valence-corrected chi connectivity index (χ1v) is 7.80. The quantitative estimate of drug-likeness (QED) is 0.505. The SMILES string of the molecule is CC(C)(C)c1ccc2c(c1)[cH-]c1cc(C(C)(C)C)ccc12.[Cl-].[Zr+2]. The van der Waals surface area contributed by atoms with Gasteiger partial charge in [0.15, 0.2) is 0 Å². The van der Waals surface area contributed by atoms with E-state index in [0.717, 1.165) is 0 Å². The second-order valence-corrected chi connectivity index (χ2v) is 8.25. The van der Waals surface area contributed by atoms with E-state index in [1.807, 2.05) is 0 Å². The van der Waals surface area contributed by atoms with E-state index >= 15 is 0 Å². The number of hydrogen-bond donors (Lipinski definition) is 0. The van der Waals surface area contributed by atoms with Crippen LogP contribution in [-0.2, 0) is 37.0 Å². The first kappa shape index (κ1) is 20.5. The Morgan fingerprint density at radius 2 is 1.00 bits per heavy atom. The summed E-state index contributed by atoms with van der Waals surface area (Å²) in [7, 11) is 0. The van der Waals surface area contributed by atoms with Gasteiger partial charge in [-0.25, -0.2) is 0 Å². The zero-order valence-corrected chi connectivity index (χ0v) is 18.1. The third-order valence-corrected chi connectivity index (χ3v) is 4.44. The van der Waals surface area contributed by atoms with E-state index < -0.39 is 0 Å². The molecule has 0 N–H and O–H groups in total. The molecule has 0 amide bonds. The fraction of sp³-hybridized carbons (Fsp3) is 0.381. The molecule has 0 saturated carbocycles. The van der Waals surface area contributed by atoms with Crippen molar-refractivity contribution in [2.24, 2.45) is 0 Å². The van der Waals surface area contributed by atoms with Crippen LogP contribution in [0.25, 0.3) is 21.5 Å². The summed E-state index contributed by atoms with van der Waals surface area (Å²) >= 11 is 0. The van der Waals surface area contributed by atoms with Crippen molar-refractivity contribution in [2.75, 3.05) is 0 Å². The summed E-state index contributed by atoms with van der Waals surface area (Å²) in [6, 6.07) is 16.2. The van der Waals surface area contributed by atoms with Crippen molar-refractivity contribution in [1.29, 1.82) is 0 Å². The molecular weight excluding hydrogens is 379 g/mol.